The highest BCUT2D eigenvalue weighted by Crippen LogP contribution is 2.29. The normalized spacial score (nSPS) is 13.4. The molecule has 0 saturated heterocycles. The van der Waals surface area contributed by atoms with Gasteiger partial charge in [-0.05, 0) is 34.1 Å². The molecule has 0 aromatic carbocycles. The van der Waals surface area contributed by atoms with Crippen LogP contribution in [0, 0.1) is 0 Å². The maximum Gasteiger partial charge on any atom is 0.0748 e. The minimum Gasteiger partial charge on any atom is -0.374 e. The van der Waals surface area contributed by atoms with Gasteiger partial charge in [-0.2, -0.15) is 3.89 Å². The van der Waals surface area contributed by atoms with Gasteiger partial charge in [-0.1, -0.05) is 0 Å². The average Bonchev–Trinajstić information content (AvgIpc) is 2.04. The first-order chi connectivity index (χ1) is 5.83. The highest BCUT2D eigenvalue weighted by atomic mass is 32.2. The van der Waals surface area contributed by atoms with E-state index < -0.39 is 0 Å². The van der Waals surface area contributed by atoms with Crippen LogP contribution < -0.4 is 5.73 Å². The van der Waals surface area contributed by atoms with Gasteiger partial charge in [0, 0.05) is 17.9 Å². The lowest BCUT2D eigenvalue weighted by Gasteiger charge is -2.26. The molecule has 0 amide bonds. The Morgan fingerprint density at radius 3 is 2.23 bits per heavy atom. The second kappa shape index (κ2) is 5.17. The third kappa shape index (κ3) is 6.29. The van der Waals surface area contributed by atoms with E-state index in [2.05, 4.69) is 0 Å². The predicted octanol–water partition coefficient (Wildman–Crippen LogP) is 2.53. The molecule has 0 aromatic heterocycles. The molecular weight excluding hydrogens is 189 g/mol. The summed E-state index contributed by atoms with van der Waals surface area (Å²) in [6.45, 7) is 8.61. The van der Waals surface area contributed by atoms with E-state index >= 15 is 0 Å². The summed E-state index contributed by atoms with van der Waals surface area (Å²) in [5, 5.41) is 0. The first kappa shape index (κ1) is 13.2. The van der Waals surface area contributed by atoms with Crippen LogP contribution in [0.2, 0.25) is 0 Å². The number of rotatable bonds is 6. The van der Waals surface area contributed by atoms with Gasteiger partial charge in [-0.15, -0.1) is 0 Å². The minimum absolute atomic E-state index is 0.295. The fourth-order valence-electron chi connectivity index (χ4n) is 0.671. The molecule has 2 N–H and O–H groups in total. The monoisotopic (exact) mass is 209 g/mol. The summed E-state index contributed by atoms with van der Waals surface area (Å²) in [5.74, 6) is 0. The molecule has 0 aliphatic heterocycles. The van der Waals surface area contributed by atoms with Crippen molar-refractivity contribution < 1.29 is 8.62 Å². The predicted molar refractivity (Wildman–Crippen MR) is 56.5 cm³/mol. The molecule has 0 saturated carbocycles. The van der Waals surface area contributed by atoms with Crippen LogP contribution in [0.3, 0.4) is 0 Å². The maximum absolute atomic E-state index is 12.3. The van der Waals surface area contributed by atoms with Gasteiger partial charge < -0.3 is 10.5 Å². The lowest BCUT2D eigenvalue weighted by Crippen LogP contribution is -2.35. The van der Waals surface area contributed by atoms with Crippen LogP contribution in [0.15, 0.2) is 0 Å². The molecule has 0 fully saturated rings. The second-order valence-electron chi connectivity index (χ2n) is 4.40. The number of nitrogens with two attached hydrogens (primary N) is 1. The van der Waals surface area contributed by atoms with Crippen molar-refractivity contribution in [3.63, 3.8) is 0 Å². The van der Waals surface area contributed by atoms with Gasteiger partial charge in [-0.3, -0.25) is 0 Å². The van der Waals surface area contributed by atoms with Crippen LogP contribution in [-0.4, -0.2) is 23.5 Å². The Labute approximate surface area is 84.7 Å². The summed E-state index contributed by atoms with van der Waals surface area (Å²) in [5.41, 5.74) is 5.19. The topological polar surface area (TPSA) is 35.2 Å². The second-order valence-corrected chi connectivity index (χ2v) is 5.66. The third-order valence-electron chi connectivity index (χ3n) is 1.90. The lowest BCUT2D eigenvalue weighted by molar-refractivity contribution is -0.0136. The van der Waals surface area contributed by atoms with Gasteiger partial charge in [0.15, 0.2) is 0 Å². The van der Waals surface area contributed by atoms with Crippen molar-refractivity contribution in [3.8, 4) is 0 Å². The van der Waals surface area contributed by atoms with Crippen molar-refractivity contribution >= 4 is 12.1 Å². The zero-order chi connectivity index (χ0) is 10.5. The molecule has 0 aliphatic carbocycles. The van der Waals surface area contributed by atoms with Crippen LogP contribution >= 0.6 is 12.1 Å². The van der Waals surface area contributed by atoms with Crippen LogP contribution in [0.25, 0.3) is 0 Å². The van der Waals surface area contributed by atoms with Gasteiger partial charge in [0.25, 0.3) is 0 Å². The van der Waals surface area contributed by atoms with E-state index in [0.717, 1.165) is 0 Å². The summed E-state index contributed by atoms with van der Waals surface area (Å²) in [6.07, 6.45) is 0.692. The van der Waals surface area contributed by atoms with E-state index in [9.17, 15) is 3.89 Å². The number of ether oxygens (including phenoxy) is 1. The molecular formula is C9H20FNOS. The Morgan fingerprint density at radius 1 is 1.31 bits per heavy atom. The van der Waals surface area contributed by atoms with Gasteiger partial charge >= 0.3 is 0 Å². The Hall–Kier alpha value is 0.200. The molecule has 0 aromatic rings. The van der Waals surface area contributed by atoms with Gasteiger partial charge in [-0.25, -0.2) is 0 Å². The summed E-state index contributed by atoms with van der Waals surface area (Å²) in [7, 11) is 0. The Balaban J connectivity index is 3.68. The highest BCUT2D eigenvalue weighted by molar-refractivity contribution is 7.95. The Kier molecular flexibility index (Phi) is 5.25. The molecule has 0 atom stereocenters. The molecule has 0 unspecified atom stereocenters. The molecule has 80 valence electrons. The van der Waals surface area contributed by atoms with E-state index in [1.807, 2.05) is 27.7 Å². The molecule has 0 radical (unpaired) electrons. The summed E-state index contributed by atoms with van der Waals surface area (Å²) >= 11 is 0.374. The number of hydrogen-bond donors (Lipinski definition) is 1. The smallest absolute Gasteiger partial charge is 0.0748 e. The SMILES string of the molecule is CC(C)(CN)OCCC(C)(C)SF. The van der Waals surface area contributed by atoms with E-state index in [4.69, 9.17) is 10.5 Å². The molecule has 0 aliphatic rings. The summed E-state index contributed by atoms with van der Waals surface area (Å²) in [6, 6.07) is 0. The van der Waals surface area contributed by atoms with Crippen LogP contribution in [-0.2, 0) is 4.74 Å². The highest BCUT2D eigenvalue weighted by Gasteiger charge is 2.22. The lowest BCUT2D eigenvalue weighted by atomic mass is 10.1. The Bertz CT molecular complexity index is 135. The summed E-state index contributed by atoms with van der Waals surface area (Å²) < 4.78 is 17.5. The molecule has 4 heteroatoms. The fraction of sp³-hybridized carbons (Fsp3) is 1.00. The molecule has 0 rings (SSSR count). The molecule has 0 bridgehead atoms. The largest absolute Gasteiger partial charge is 0.374 e. The van der Waals surface area contributed by atoms with Gasteiger partial charge in [0.2, 0.25) is 0 Å². The zero-order valence-electron chi connectivity index (χ0n) is 8.89. The third-order valence-corrected chi connectivity index (χ3v) is 2.52. The van der Waals surface area contributed by atoms with Crippen LogP contribution in [0.5, 0.6) is 0 Å². The molecule has 13 heavy (non-hydrogen) atoms. The molecule has 0 heterocycles. The average molecular weight is 209 g/mol. The summed E-state index contributed by atoms with van der Waals surface area (Å²) in [4.78, 5) is 0. The number of hydrogen-bond acceptors (Lipinski definition) is 3. The van der Waals surface area contributed by atoms with Crippen LogP contribution in [0.1, 0.15) is 34.1 Å². The van der Waals surface area contributed by atoms with Crippen molar-refractivity contribution in [3.05, 3.63) is 0 Å². The molecule has 2 nitrogen and oxygen atoms in total. The Morgan fingerprint density at radius 2 is 1.85 bits per heavy atom. The first-order valence-corrected chi connectivity index (χ1v) is 5.18. The van der Waals surface area contributed by atoms with E-state index in [0.29, 0.717) is 31.7 Å². The van der Waals surface area contributed by atoms with Crippen molar-refractivity contribution in [2.24, 2.45) is 5.73 Å². The first-order valence-electron chi connectivity index (χ1n) is 4.47. The van der Waals surface area contributed by atoms with Crippen molar-refractivity contribution in [1.29, 1.82) is 0 Å². The maximum atomic E-state index is 12.3. The van der Waals surface area contributed by atoms with Gasteiger partial charge in [0.1, 0.15) is 0 Å². The zero-order valence-corrected chi connectivity index (χ0v) is 9.71. The van der Waals surface area contributed by atoms with Crippen molar-refractivity contribution in [2.45, 2.75) is 44.5 Å². The number of halogens is 1. The quantitative estimate of drug-likeness (QED) is 0.730. The van der Waals surface area contributed by atoms with Crippen LogP contribution in [0.4, 0.5) is 3.89 Å². The van der Waals surface area contributed by atoms with Crippen molar-refractivity contribution in [1.82, 2.24) is 0 Å². The van der Waals surface area contributed by atoms with E-state index in [1.165, 1.54) is 0 Å². The van der Waals surface area contributed by atoms with E-state index in [1.54, 1.807) is 0 Å². The minimum atomic E-state index is -0.356. The van der Waals surface area contributed by atoms with Crippen molar-refractivity contribution in [2.75, 3.05) is 13.2 Å². The van der Waals surface area contributed by atoms with Gasteiger partial charge in [0.05, 0.1) is 17.7 Å². The fourth-order valence-corrected chi connectivity index (χ4v) is 0.831. The molecule has 0 spiro atoms. The standard InChI is InChI=1S/C9H20FNOS/c1-8(2,7-11)12-6-5-9(3,4)13-10/h5-7,11H2,1-4H3. The van der Waals surface area contributed by atoms with E-state index in [-0.39, 0.29) is 10.3 Å².